The number of hydrogen-bond donors (Lipinski definition) is 9. The smallest absolute Gasteiger partial charge is 0.410 e. The minimum absolute atomic E-state index is 0.0656. The van der Waals surface area contributed by atoms with E-state index in [1.807, 2.05) is 59.0 Å². The Labute approximate surface area is 587 Å². The highest BCUT2D eigenvalue weighted by molar-refractivity contribution is 7.79. The third kappa shape index (κ3) is 20.3. The minimum atomic E-state index is -2.22. The fourth-order valence-electron chi connectivity index (χ4n) is 15.0. The number of nitrogens with zero attached hydrogens (tertiary/aromatic N) is 6. The van der Waals surface area contributed by atoms with Crippen LogP contribution in [0.3, 0.4) is 0 Å². The van der Waals surface area contributed by atoms with Gasteiger partial charge >= 0.3 is 18.1 Å². The van der Waals surface area contributed by atoms with Crippen molar-refractivity contribution in [1.82, 2.24) is 45.9 Å². The Bertz CT molecular complexity index is 3910. The number of halogens is 1. The molecule has 2 aliphatic carbocycles. The first-order valence-electron chi connectivity index (χ1n) is 33.5. The Morgan fingerprint density at radius 1 is 0.828 bits per heavy atom. The van der Waals surface area contributed by atoms with Gasteiger partial charge in [-0.15, -0.1) is 11.6 Å². The van der Waals surface area contributed by atoms with Crippen molar-refractivity contribution in [1.29, 1.82) is 0 Å². The molecule has 5 atom stereocenters. The number of aromatic nitrogens is 4. The molecule has 2 fully saturated rings. The van der Waals surface area contributed by atoms with Gasteiger partial charge in [0.25, 0.3) is 5.91 Å². The van der Waals surface area contributed by atoms with Crippen molar-refractivity contribution < 1.29 is 61.7 Å². The highest BCUT2D eigenvalue weighted by atomic mass is 35.5. The summed E-state index contributed by atoms with van der Waals surface area (Å²) in [5, 5.41) is 32.3. The van der Waals surface area contributed by atoms with E-state index in [9.17, 15) is 52.2 Å². The third-order valence-electron chi connectivity index (χ3n) is 18.8. The second-order valence-electron chi connectivity index (χ2n) is 27.3. The second-order valence-corrected chi connectivity index (χ2v) is 29.7. The minimum Gasteiger partial charge on any atom is -0.476 e. The van der Waals surface area contributed by atoms with Crippen LogP contribution in [0.25, 0.3) is 21.3 Å². The molecule has 0 radical (unpaired) electrons. The van der Waals surface area contributed by atoms with Gasteiger partial charge in [-0.25, -0.2) is 28.6 Å². The molecule has 99 heavy (non-hydrogen) atoms. The Morgan fingerprint density at radius 2 is 1.61 bits per heavy atom. The number of para-hydroxylation sites is 1. The lowest BCUT2D eigenvalue weighted by Gasteiger charge is -2.62. The number of carbonyl (C=O) groups excluding carboxylic acids is 7. The lowest BCUT2D eigenvalue weighted by atomic mass is 9.47. The lowest BCUT2D eigenvalue weighted by molar-refractivity contribution is -0.198. The number of urea groups is 1. The van der Waals surface area contributed by atoms with Crippen LogP contribution in [0.15, 0.2) is 85.1 Å². The molecule has 2 saturated carbocycles. The van der Waals surface area contributed by atoms with E-state index in [4.69, 9.17) is 36.9 Å². The van der Waals surface area contributed by atoms with E-state index in [-0.39, 0.29) is 110 Å². The van der Waals surface area contributed by atoms with Crippen LogP contribution < -0.4 is 42.5 Å². The topological polar surface area (TPSA) is 361 Å². The van der Waals surface area contributed by atoms with Gasteiger partial charge < -0.3 is 61.3 Å². The van der Waals surface area contributed by atoms with Crippen LogP contribution in [-0.4, -0.2) is 155 Å². The molecule has 8 amide bonds. The standard InChI is InChI=1S/C70H90ClN13O13S2/c1-6-69(44-84-45(2)51(35-76-84)49-24-25-56(80-60(49)63(90)91)83-29-26-47-14-12-15-50(52(47)37-83)61(88)81-65-79-53-16-9-10-18-55(53)98-65)41-68(5)39-67(3,4)40-70(42-68,43-69)97-32-30-82(31-33-99(94)95)66(93)96-38-46-20-22-48(23-21-46)77-62(89)54(17-13-28-74-64(72)92)78-59(87)36-75-57(85)19-8-7-11-27-73-58(86)34-71/h9-10,12,14-16,18,20-25,35,54H,6-8,11,13,17,19,26-34,36-44H2,1-5H3,(H,73,86)(H,75,85)(H,77,89)(H,78,87)(H,90,91)(H,94,95)(H3,72,74,92)(H,79,81,88). The molecule has 3 aromatic carbocycles. The number of aromatic carboxylic acids is 1. The van der Waals surface area contributed by atoms with Crippen LogP contribution >= 0.6 is 22.9 Å². The van der Waals surface area contributed by atoms with E-state index in [1.54, 1.807) is 42.6 Å². The molecule has 1 aliphatic heterocycles. The van der Waals surface area contributed by atoms with E-state index in [1.165, 1.54) is 16.2 Å². The quantitative estimate of drug-likeness (QED) is 0.0105. The molecule has 4 heterocycles. The van der Waals surface area contributed by atoms with Crippen molar-refractivity contribution in [3.8, 4) is 11.1 Å². The normalized spacial score (nSPS) is 19.0. The number of hydrogen-bond acceptors (Lipinski definition) is 16. The number of nitrogens with one attached hydrogen (secondary N) is 6. The number of pyridine rings is 1. The Morgan fingerprint density at radius 3 is 2.34 bits per heavy atom. The maximum Gasteiger partial charge on any atom is 0.410 e. The predicted octanol–water partition coefficient (Wildman–Crippen LogP) is 9.30. The van der Waals surface area contributed by atoms with Crippen molar-refractivity contribution in [2.24, 2.45) is 22.0 Å². The number of carbonyl (C=O) groups is 8. The van der Waals surface area contributed by atoms with Crippen molar-refractivity contribution in [2.45, 2.75) is 149 Å². The molecular formula is C70H90ClN13O13S2. The number of anilines is 3. The average Bonchev–Trinajstić information content (AvgIpc) is 1.02. The number of alkyl halides is 1. The van der Waals surface area contributed by atoms with E-state index < -0.39 is 52.6 Å². The third-order valence-corrected chi connectivity index (χ3v) is 20.5. The average molecular weight is 1420 g/mol. The maximum absolute atomic E-state index is 13.9. The van der Waals surface area contributed by atoms with Gasteiger partial charge in [0.15, 0.2) is 21.9 Å². The molecule has 2 bridgehead atoms. The number of benzene rings is 3. The van der Waals surface area contributed by atoms with Gasteiger partial charge in [0.1, 0.15) is 24.3 Å². The van der Waals surface area contributed by atoms with Gasteiger partial charge in [0, 0.05) is 80.3 Å². The number of ether oxygens (including phenoxy) is 2. The summed E-state index contributed by atoms with van der Waals surface area (Å²) in [4.78, 5) is 115. The van der Waals surface area contributed by atoms with Crippen LogP contribution in [0.5, 0.6) is 0 Å². The second kappa shape index (κ2) is 33.5. The molecule has 0 saturated heterocycles. The first kappa shape index (κ1) is 74.6. The van der Waals surface area contributed by atoms with Crippen LogP contribution in [-0.2, 0) is 65.8 Å². The molecule has 9 rings (SSSR count). The summed E-state index contributed by atoms with van der Waals surface area (Å²) in [6.07, 6.45) is 8.87. The molecule has 6 aromatic rings. The van der Waals surface area contributed by atoms with Crippen molar-refractivity contribution in [3.05, 3.63) is 119 Å². The highest BCUT2D eigenvalue weighted by Gasteiger charge is 2.59. The zero-order valence-corrected chi connectivity index (χ0v) is 59.1. The molecule has 10 N–H and O–H groups in total. The number of nitrogens with two attached hydrogens (primary N) is 1. The summed E-state index contributed by atoms with van der Waals surface area (Å²) >= 11 is 4.67. The van der Waals surface area contributed by atoms with Gasteiger partial charge in [-0.2, -0.15) is 5.10 Å². The molecule has 532 valence electrons. The van der Waals surface area contributed by atoms with Gasteiger partial charge in [0.05, 0.1) is 40.9 Å². The number of rotatable bonds is 33. The van der Waals surface area contributed by atoms with E-state index >= 15 is 0 Å². The van der Waals surface area contributed by atoms with Crippen molar-refractivity contribution in [3.63, 3.8) is 0 Å². The lowest BCUT2D eigenvalue weighted by Crippen LogP contribution is -2.58. The highest BCUT2D eigenvalue weighted by Crippen LogP contribution is 2.64. The SMILES string of the molecule is CCC1(Cn2ncc(-c3ccc(N4CCc5cccc(C(=O)Nc6nc7ccccc7s6)c5C4)nc3C(=O)O)c2C)CC2(C)CC(C)(C)CC(OCCN(CCS(=O)O)C(=O)OCc3ccc(NC(=O)C(CCCNC(N)=O)NC(=O)CNC(=O)CCCCCNC(=O)CCl)cc3)(C2)C1. The number of carboxylic acid groups (broad SMARTS) is 1. The molecule has 26 nitrogen and oxygen atoms in total. The molecule has 29 heteroatoms. The molecule has 5 unspecified atom stereocenters. The van der Waals surface area contributed by atoms with Crippen LogP contribution in [0, 0.1) is 23.2 Å². The number of fused-ring (bicyclic) bond motifs is 4. The van der Waals surface area contributed by atoms with E-state index in [0.717, 1.165) is 59.1 Å². The summed E-state index contributed by atoms with van der Waals surface area (Å²) in [6, 6.07) is 21.7. The Kier molecular flexibility index (Phi) is 25.3. The summed E-state index contributed by atoms with van der Waals surface area (Å²) in [5.41, 5.74) is 9.93. The van der Waals surface area contributed by atoms with E-state index in [0.29, 0.717) is 97.2 Å². The van der Waals surface area contributed by atoms with Gasteiger partial charge in [0.2, 0.25) is 23.6 Å². The number of thiazole rings is 1. The van der Waals surface area contributed by atoms with E-state index in [2.05, 4.69) is 64.6 Å². The van der Waals surface area contributed by atoms with Crippen molar-refractivity contribution in [2.75, 3.05) is 73.0 Å². The number of amides is 8. The molecule has 0 spiro atoms. The van der Waals surface area contributed by atoms with Crippen molar-refractivity contribution >= 4 is 109 Å². The number of carboxylic acids is 1. The Balaban J connectivity index is 0.812. The van der Waals surface area contributed by atoms with Gasteiger partial charge in [-0.3, -0.25) is 34.0 Å². The summed E-state index contributed by atoms with van der Waals surface area (Å²) in [5.74, 6) is -3.14. The molecule has 3 aliphatic rings. The first-order chi connectivity index (χ1) is 47.3. The monoisotopic (exact) mass is 1420 g/mol. The van der Waals surface area contributed by atoms with Crippen LogP contribution in [0.2, 0.25) is 0 Å². The zero-order chi connectivity index (χ0) is 71.1. The summed E-state index contributed by atoms with van der Waals surface area (Å²) < 4.78 is 37.8. The number of unbranched alkanes of at least 4 members (excludes halogenated alkanes) is 2. The fourth-order valence-corrected chi connectivity index (χ4v) is 16.3. The van der Waals surface area contributed by atoms with Gasteiger partial charge in [-0.05, 0) is 153 Å². The fraction of sp³-hybridized carbons (Fsp3) is 0.500. The maximum atomic E-state index is 13.9. The largest absolute Gasteiger partial charge is 0.476 e. The first-order valence-corrected chi connectivity index (χ1v) is 36.1. The Hall–Kier alpha value is -8.57. The number of primary amides is 1. The van der Waals surface area contributed by atoms with Gasteiger partial charge in [-0.1, -0.05) is 81.9 Å². The summed E-state index contributed by atoms with van der Waals surface area (Å²) in [7, 11) is 0. The zero-order valence-electron chi connectivity index (χ0n) is 56.7. The predicted molar refractivity (Wildman–Crippen MR) is 379 cm³/mol. The summed E-state index contributed by atoms with van der Waals surface area (Å²) in [6.45, 7) is 12.5. The molecular weight excluding hydrogens is 1330 g/mol. The van der Waals surface area contributed by atoms with Crippen LogP contribution in [0.4, 0.5) is 26.2 Å². The van der Waals surface area contributed by atoms with Crippen LogP contribution in [0.1, 0.15) is 148 Å². The molecule has 3 aromatic heterocycles.